The fourth-order valence-electron chi connectivity index (χ4n) is 0.460. The summed E-state index contributed by atoms with van der Waals surface area (Å²) in [4.78, 5) is 3.88. The van der Waals surface area contributed by atoms with Gasteiger partial charge in [-0.2, -0.15) is 0 Å². The van der Waals surface area contributed by atoms with E-state index in [9.17, 15) is 0 Å². The summed E-state index contributed by atoms with van der Waals surface area (Å²) in [6, 6.07) is 0. The van der Waals surface area contributed by atoms with Gasteiger partial charge in [0.05, 0.1) is 11.4 Å². The highest BCUT2D eigenvalue weighted by atomic mass is 32.1. The Morgan fingerprint density at radius 3 is 2.78 bits per heavy atom. The van der Waals surface area contributed by atoms with Gasteiger partial charge in [-0.3, -0.25) is 0 Å². The molecular weight excluding hydrogens is 134 g/mol. The van der Waals surface area contributed by atoms with Crippen LogP contribution in [0.1, 0.15) is 12.6 Å². The second-order valence-corrected chi connectivity index (χ2v) is 2.59. The van der Waals surface area contributed by atoms with E-state index in [-0.39, 0.29) is 0 Å². The predicted octanol–water partition coefficient (Wildman–Crippen LogP) is 1.11. The fourth-order valence-corrected chi connectivity index (χ4v) is 1.07. The Morgan fingerprint density at radius 1 is 1.89 bits per heavy atom. The van der Waals surface area contributed by atoms with Crippen LogP contribution in [0.4, 0.5) is 5.13 Å². The molecule has 4 heteroatoms. The van der Waals surface area contributed by atoms with Crippen molar-refractivity contribution in [3.63, 3.8) is 0 Å². The molecule has 1 aromatic rings. The number of hydrogen-bond donors (Lipinski definition) is 2. The van der Waals surface area contributed by atoms with E-state index in [1.165, 1.54) is 11.3 Å². The van der Waals surface area contributed by atoms with E-state index in [0.29, 0.717) is 16.5 Å². The standard InChI is InChI=1S/C5H7N3S/c1-3(6)4-2-9-5(7)8-4/h2,6H,1H3,(H2,7,8). The molecule has 0 aliphatic heterocycles. The van der Waals surface area contributed by atoms with Gasteiger partial charge in [-0.25, -0.2) is 4.98 Å². The average molecular weight is 141 g/mol. The number of nitrogens with two attached hydrogens (primary N) is 1. The first kappa shape index (κ1) is 6.22. The molecule has 0 saturated heterocycles. The summed E-state index contributed by atoms with van der Waals surface area (Å²) in [5.41, 5.74) is 6.47. The number of nitrogen functional groups attached to an aromatic ring is 1. The summed E-state index contributed by atoms with van der Waals surface area (Å²) in [5.74, 6) is 0. The second-order valence-electron chi connectivity index (χ2n) is 1.70. The fraction of sp³-hybridized carbons (Fsp3) is 0.200. The van der Waals surface area contributed by atoms with Crippen LogP contribution in [-0.4, -0.2) is 10.7 Å². The Labute approximate surface area is 57.0 Å². The number of nitrogens with one attached hydrogen (secondary N) is 1. The lowest BCUT2D eigenvalue weighted by atomic mass is 10.3. The molecule has 0 unspecified atom stereocenters. The van der Waals surface area contributed by atoms with Crippen LogP contribution in [0.25, 0.3) is 0 Å². The van der Waals surface area contributed by atoms with Crippen molar-refractivity contribution in [1.29, 1.82) is 5.41 Å². The van der Waals surface area contributed by atoms with E-state index in [4.69, 9.17) is 11.1 Å². The van der Waals surface area contributed by atoms with Crippen molar-refractivity contribution in [3.8, 4) is 0 Å². The molecule has 1 rings (SSSR count). The minimum Gasteiger partial charge on any atom is -0.375 e. The van der Waals surface area contributed by atoms with Crippen molar-refractivity contribution in [2.45, 2.75) is 6.92 Å². The Bertz CT molecular complexity index is 228. The van der Waals surface area contributed by atoms with Gasteiger partial charge in [0.1, 0.15) is 0 Å². The molecule has 0 fully saturated rings. The third-order valence-electron chi connectivity index (χ3n) is 0.906. The van der Waals surface area contributed by atoms with Crippen LogP contribution in [0.5, 0.6) is 0 Å². The maximum absolute atomic E-state index is 7.14. The molecular formula is C5H7N3S. The molecule has 1 aromatic heterocycles. The number of nitrogens with zero attached hydrogens (tertiary/aromatic N) is 1. The third kappa shape index (κ3) is 1.26. The van der Waals surface area contributed by atoms with Crippen molar-refractivity contribution < 1.29 is 0 Å². The summed E-state index contributed by atoms with van der Waals surface area (Å²) in [6.45, 7) is 1.69. The minimum atomic E-state index is 0.461. The molecule has 1 heterocycles. The van der Waals surface area contributed by atoms with Crippen LogP contribution in [0.3, 0.4) is 0 Å². The zero-order chi connectivity index (χ0) is 6.85. The predicted molar refractivity (Wildman–Crippen MR) is 39.0 cm³/mol. The Kier molecular flexibility index (Phi) is 1.48. The average Bonchev–Trinajstić information content (AvgIpc) is 2.14. The number of aromatic nitrogens is 1. The molecule has 0 spiro atoms. The molecule has 0 aromatic carbocycles. The van der Waals surface area contributed by atoms with Gasteiger partial charge >= 0.3 is 0 Å². The van der Waals surface area contributed by atoms with Gasteiger partial charge in [0.2, 0.25) is 0 Å². The number of anilines is 1. The third-order valence-corrected chi connectivity index (χ3v) is 1.58. The van der Waals surface area contributed by atoms with E-state index >= 15 is 0 Å². The van der Waals surface area contributed by atoms with Gasteiger partial charge in [0.15, 0.2) is 5.13 Å². The normalized spacial score (nSPS) is 9.44. The number of thiazole rings is 1. The van der Waals surface area contributed by atoms with Gasteiger partial charge in [0, 0.05) is 5.38 Å². The molecule has 3 nitrogen and oxygen atoms in total. The van der Waals surface area contributed by atoms with Crippen molar-refractivity contribution >= 4 is 22.2 Å². The smallest absolute Gasteiger partial charge is 0.180 e. The lowest BCUT2D eigenvalue weighted by molar-refractivity contribution is 1.34. The van der Waals surface area contributed by atoms with Crippen molar-refractivity contribution in [2.75, 3.05) is 5.73 Å². The van der Waals surface area contributed by atoms with Crippen molar-refractivity contribution in [1.82, 2.24) is 4.98 Å². The highest BCUT2D eigenvalue weighted by molar-refractivity contribution is 7.13. The number of rotatable bonds is 1. The van der Waals surface area contributed by atoms with Crippen LogP contribution in [0, 0.1) is 5.41 Å². The van der Waals surface area contributed by atoms with Gasteiger partial charge < -0.3 is 11.1 Å². The van der Waals surface area contributed by atoms with E-state index in [1.807, 2.05) is 0 Å². The summed E-state index contributed by atoms with van der Waals surface area (Å²) in [5, 5.41) is 9.44. The summed E-state index contributed by atoms with van der Waals surface area (Å²) in [6.07, 6.45) is 0. The van der Waals surface area contributed by atoms with Crippen LogP contribution in [-0.2, 0) is 0 Å². The van der Waals surface area contributed by atoms with Gasteiger partial charge in [-0.1, -0.05) is 0 Å². The molecule has 0 amide bonds. The van der Waals surface area contributed by atoms with Crippen LogP contribution >= 0.6 is 11.3 Å². The first-order valence-electron chi connectivity index (χ1n) is 2.46. The second kappa shape index (κ2) is 2.14. The van der Waals surface area contributed by atoms with Crippen molar-refractivity contribution in [3.05, 3.63) is 11.1 Å². The van der Waals surface area contributed by atoms with Gasteiger partial charge in [0.25, 0.3) is 0 Å². The Morgan fingerprint density at radius 2 is 2.56 bits per heavy atom. The molecule has 0 aliphatic carbocycles. The van der Waals surface area contributed by atoms with E-state index in [1.54, 1.807) is 12.3 Å². The minimum absolute atomic E-state index is 0.461. The first-order chi connectivity index (χ1) is 4.20. The van der Waals surface area contributed by atoms with E-state index in [0.717, 1.165) is 0 Å². The molecule has 0 atom stereocenters. The molecule has 0 bridgehead atoms. The molecule has 9 heavy (non-hydrogen) atoms. The number of hydrogen-bond acceptors (Lipinski definition) is 4. The van der Waals surface area contributed by atoms with Crippen LogP contribution in [0.15, 0.2) is 5.38 Å². The highest BCUT2D eigenvalue weighted by Gasteiger charge is 1.97. The van der Waals surface area contributed by atoms with Gasteiger partial charge in [-0.05, 0) is 6.92 Å². The lowest BCUT2D eigenvalue weighted by Gasteiger charge is -1.84. The first-order valence-corrected chi connectivity index (χ1v) is 3.34. The Balaban J connectivity index is 2.98. The van der Waals surface area contributed by atoms with Crippen LogP contribution < -0.4 is 5.73 Å². The topological polar surface area (TPSA) is 62.8 Å². The molecule has 0 saturated carbocycles. The molecule has 48 valence electrons. The summed E-state index contributed by atoms with van der Waals surface area (Å²) < 4.78 is 0. The zero-order valence-corrected chi connectivity index (χ0v) is 5.83. The largest absolute Gasteiger partial charge is 0.375 e. The monoisotopic (exact) mass is 141 g/mol. The molecule has 0 radical (unpaired) electrons. The summed E-state index contributed by atoms with van der Waals surface area (Å²) in [7, 11) is 0. The van der Waals surface area contributed by atoms with E-state index in [2.05, 4.69) is 4.98 Å². The maximum Gasteiger partial charge on any atom is 0.180 e. The van der Waals surface area contributed by atoms with E-state index < -0.39 is 0 Å². The SMILES string of the molecule is CC(=N)c1csc(N)n1. The molecule has 3 N–H and O–H groups in total. The molecule has 0 aliphatic rings. The lowest BCUT2D eigenvalue weighted by Crippen LogP contribution is -1.92. The quantitative estimate of drug-likeness (QED) is 0.575. The zero-order valence-electron chi connectivity index (χ0n) is 5.01. The summed E-state index contributed by atoms with van der Waals surface area (Å²) >= 11 is 1.36. The van der Waals surface area contributed by atoms with Crippen molar-refractivity contribution in [2.24, 2.45) is 0 Å². The van der Waals surface area contributed by atoms with Gasteiger partial charge in [-0.15, -0.1) is 11.3 Å². The maximum atomic E-state index is 7.14. The highest BCUT2D eigenvalue weighted by Crippen LogP contribution is 2.10. The Hall–Kier alpha value is -0.900. The van der Waals surface area contributed by atoms with Crippen LogP contribution in [0.2, 0.25) is 0 Å².